The van der Waals surface area contributed by atoms with E-state index in [1.54, 1.807) is 0 Å². The number of hydrogen-bond acceptors (Lipinski definition) is 2. The fraction of sp³-hybridized carbons (Fsp3) is 0.364. The molecule has 3 aromatic rings. The first-order chi connectivity index (χ1) is 12.7. The number of para-hydroxylation sites is 1. The number of fused-ring (bicyclic) bond motifs is 1. The third-order valence-corrected chi connectivity index (χ3v) is 4.84. The number of benzene rings is 2. The van der Waals surface area contributed by atoms with Crippen LogP contribution in [0.2, 0.25) is 0 Å². The average Bonchev–Trinajstić information content (AvgIpc) is 2.65. The second kappa shape index (κ2) is 8.28. The Kier molecular flexibility index (Phi) is 5.84. The van der Waals surface area contributed by atoms with Crippen LogP contribution in [-0.2, 0) is 0 Å². The van der Waals surface area contributed by atoms with Crippen molar-refractivity contribution in [2.45, 2.75) is 46.1 Å². The fourth-order valence-electron chi connectivity index (χ4n) is 3.39. The van der Waals surface area contributed by atoms with E-state index in [-0.39, 0.29) is 11.6 Å². The summed E-state index contributed by atoms with van der Waals surface area (Å²) >= 11 is 0. The van der Waals surface area contributed by atoms with E-state index >= 15 is 0 Å². The largest absolute Gasteiger partial charge is 0.338 e. The quantitative estimate of drug-likeness (QED) is 0.663. The molecule has 1 atom stereocenters. The van der Waals surface area contributed by atoms with E-state index in [9.17, 15) is 4.79 Å². The highest BCUT2D eigenvalue weighted by atomic mass is 16.1. The monoisotopic (exact) mass is 350 g/mol. The summed E-state index contributed by atoms with van der Waals surface area (Å²) in [6.45, 7) is 7.46. The minimum atomic E-state index is 0.0125. The van der Waals surface area contributed by atoms with E-state index in [0.29, 0.717) is 5.39 Å². The normalized spacial score (nSPS) is 12.4. The zero-order chi connectivity index (χ0) is 18.5. The molecule has 0 aliphatic rings. The molecule has 0 bridgehead atoms. The summed E-state index contributed by atoms with van der Waals surface area (Å²) in [6.07, 6.45) is 3.27. The van der Waals surface area contributed by atoms with Crippen molar-refractivity contribution >= 4 is 10.9 Å². The second-order valence-electron chi connectivity index (χ2n) is 6.86. The summed E-state index contributed by atoms with van der Waals surface area (Å²) in [4.78, 5) is 18.2. The van der Waals surface area contributed by atoms with Crippen molar-refractivity contribution in [2.24, 2.45) is 0 Å². The third-order valence-electron chi connectivity index (χ3n) is 4.84. The smallest absolute Gasteiger partial charge is 0.266 e. The summed E-state index contributed by atoms with van der Waals surface area (Å²) in [5.41, 5.74) is 2.82. The Labute approximate surface area is 154 Å². The zero-order valence-electron chi connectivity index (χ0n) is 15.9. The Hall–Kier alpha value is -2.46. The minimum absolute atomic E-state index is 0.0125. The summed E-state index contributed by atoms with van der Waals surface area (Å²) in [7, 11) is 0. The molecule has 0 aliphatic carbocycles. The summed E-state index contributed by atoms with van der Waals surface area (Å²) in [5, 5.41) is 2.99. The van der Waals surface area contributed by atoms with Gasteiger partial charge in [0.2, 0.25) is 0 Å². The van der Waals surface area contributed by atoms with Crippen molar-refractivity contribution in [3.63, 3.8) is 0 Å². The average molecular weight is 350 g/mol. The molecule has 2 aromatic carbocycles. The molecule has 0 unspecified atom stereocenters. The molecule has 26 heavy (non-hydrogen) atoms. The molecule has 136 valence electrons. The number of rotatable bonds is 7. The molecule has 2 N–H and O–H groups in total. The van der Waals surface area contributed by atoms with Gasteiger partial charge in [0.1, 0.15) is 6.04 Å². The molecule has 0 saturated heterocycles. The van der Waals surface area contributed by atoms with Gasteiger partial charge in [-0.1, -0.05) is 44.5 Å². The second-order valence-corrected chi connectivity index (χ2v) is 6.86. The zero-order valence-corrected chi connectivity index (χ0v) is 15.9. The lowest BCUT2D eigenvalue weighted by Crippen LogP contribution is -2.85. The van der Waals surface area contributed by atoms with Gasteiger partial charge in [0.25, 0.3) is 5.56 Å². The Morgan fingerprint density at radius 3 is 2.65 bits per heavy atom. The molecule has 1 aromatic heterocycles. The van der Waals surface area contributed by atoms with Crippen LogP contribution in [-0.4, -0.2) is 16.1 Å². The number of unbranched alkanes of at least 4 members (excludes halogenated alkanes) is 1. The first-order valence-corrected chi connectivity index (χ1v) is 9.57. The van der Waals surface area contributed by atoms with Gasteiger partial charge in [-0.3, -0.25) is 9.36 Å². The van der Waals surface area contributed by atoms with E-state index < -0.39 is 0 Å². The van der Waals surface area contributed by atoms with Crippen molar-refractivity contribution in [3.8, 4) is 5.69 Å². The van der Waals surface area contributed by atoms with E-state index in [1.807, 2.05) is 54.0 Å². The van der Waals surface area contributed by atoms with Crippen LogP contribution in [0.4, 0.5) is 0 Å². The molecule has 0 spiro atoms. The molecule has 0 aliphatic heterocycles. The van der Waals surface area contributed by atoms with Gasteiger partial charge in [-0.25, -0.2) is 4.98 Å². The number of hydrogen-bond donors (Lipinski definition) is 1. The number of nitrogens with two attached hydrogens (primary N) is 1. The highest BCUT2D eigenvalue weighted by Crippen LogP contribution is 2.18. The number of aromatic nitrogens is 2. The Bertz CT molecular complexity index is 946. The maximum absolute atomic E-state index is 13.3. The van der Waals surface area contributed by atoms with Crippen LogP contribution in [0.1, 0.15) is 50.5 Å². The Morgan fingerprint density at radius 2 is 1.92 bits per heavy atom. The van der Waals surface area contributed by atoms with E-state index in [0.717, 1.165) is 35.6 Å². The van der Waals surface area contributed by atoms with Crippen LogP contribution in [0.5, 0.6) is 0 Å². The first kappa shape index (κ1) is 18.3. The van der Waals surface area contributed by atoms with Crippen LogP contribution < -0.4 is 10.9 Å². The van der Waals surface area contributed by atoms with Crippen molar-refractivity contribution in [2.75, 3.05) is 6.54 Å². The topological polar surface area (TPSA) is 51.5 Å². The van der Waals surface area contributed by atoms with Crippen molar-refractivity contribution in [1.29, 1.82) is 0 Å². The van der Waals surface area contributed by atoms with Crippen molar-refractivity contribution in [1.82, 2.24) is 9.55 Å². The lowest BCUT2D eigenvalue weighted by Gasteiger charge is -2.19. The maximum Gasteiger partial charge on any atom is 0.266 e. The summed E-state index contributed by atoms with van der Waals surface area (Å²) in [6, 6.07) is 15.9. The van der Waals surface area contributed by atoms with Gasteiger partial charge in [0, 0.05) is 6.42 Å². The summed E-state index contributed by atoms with van der Waals surface area (Å²) < 4.78 is 1.81. The molecular weight excluding hydrogens is 322 g/mol. The van der Waals surface area contributed by atoms with Gasteiger partial charge in [-0.05, 0) is 43.2 Å². The lowest BCUT2D eigenvalue weighted by atomic mass is 10.1. The summed E-state index contributed by atoms with van der Waals surface area (Å²) in [5.74, 6) is 0.845. The van der Waals surface area contributed by atoms with E-state index in [1.165, 1.54) is 12.8 Å². The molecule has 4 nitrogen and oxygen atoms in total. The number of aryl methyl sites for hydroxylation is 1. The predicted octanol–water partition coefficient (Wildman–Crippen LogP) is 3.51. The maximum atomic E-state index is 13.3. The molecule has 0 radical (unpaired) electrons. The molecule has 0 fully saturated rings. The molecular formula is C22H28N3O+. The molecule has 1 heterocycles. The molecule has 0 saturated carbocycles. The van der Waals surface area contributed by atoms with Crippen LogP contribution in [0, 0.1) is 6.92 Å². The number of nitrogens with zero attached hydrogens (tertiary/aromatic N) is 2. The van der Waals surface area contributed by atoms with Crippen LogP contribution in [0.15, 0.2) is 53.3 Å². The van der Waals surface area contributed by atoms with Crippen LogP contribution in [0.3, 0.4) is 0 Å². The first-order valence-electron chi connectivity index (χ1n) is 9.57. The van der Waals surface area contributed by atoms with E-state index in [4.69, 9.17) is 4.98 Å². The highest BCUT2D eigenvalue weighted by Gasteiger charge is 2.22. The molecule has 4 heteroatoms. The van der Waals surface area contributed by atoms with Gasteiger partial charge < -0.3 is 5.32 Å². The lowest BCUT2D eigenvalue weighted by molar-refractivity contribution is -0.697. The van der Waals surface area contributed by atoms with Crippen LogP contribution >= 0.6 is 0 Å². The fourth-order valence-corrected chi connectivity index (χ4v) is 3.39. The standard InChI is InChI=1S/C22H27N3O/c1-4-6-14-23-19(5-2)21-24-20-13-8-7-12-18(20)22(26)25(21)17-11-9-10-16(3)15-17/h7-13,15,19,23H,4-6,14H2,1-3H3/p+1/t19-/m1/s1. The van der Waals surface area contributed by atoms with Gasteiger partial charge >= 0.3 is 0 Å². The van der Waals surface area contributed by atoms with Crippen molar-refractivity contribution in [3.05, 3.63) is 70.3 Å². The third kappa shape index (κ3) is 3.70. The SMILES string of the molecule is CCCC[NH2+][C@H](CC)c1nc2ccccc2c(=O)n1-c1cccc(C)c1. The van der Waals surface area contributed by atoms with Gasteiger partial charge in [0.15, 0.2) is 5.82 Å². The molecule has 0 amide bonds. The van der Waals surface area contributed by atoms with Crippen LogP contribution in [0.25, 0.3) is 16.6 Å². The Morgan fingerprint density at radius 1 is 1.12 bits per heavy atom. The minimum Gasteiger partial charge on any atom is -0.338 e. The predicted molar refractivity (Wildman–Crippen MR) is 107 cm³/mol. The molecule has 3 rings (SSSR count). The Balaban J connectivity index is 2.22. The highest BCUT2D eigenvalue weighted by molar-refractivity contribution is 5.77. The van der Waals surface area contributed by atoms with E-state index in [2.05, 4.69) is 25.2 Å². The van der Waals surface area contributed by atoms with Gasteiger partial charge in [-0.15, -0.1) is 0 Å². The van der Waals surface area contributed by atoms with Crippen molar-refractivity contribution < 1.29 is 5.32 Å². The number of quaternary nitrogens is 1. The van der Waals surface area contributed by atoms with Gasteiger partial charge in [-0.2, -0.15) is 0 Å². The van der Waals surface area contributed by atoms with Gasteiger partial charge in [0.05, 0.1) is 23.1 Å².